The summed E-state index contributed by atoms with van der Waals surface area (Å²) in [5.41, 5.74) is -0.533. The minimum Gasteiger partial charge on any atom is -0.352 e. The van der Waals surface area contributed by atoms with Gasteiger partial charge in [-0.2, -0.15) is 0 Å². The van der Waals surface area contributed by atoms with Crippen molar-refractivity contribution < 1.29 is 14.1 Å². The quantitative estimate of drug-likeness (QED) is 0.646. The van der Waals surface area contributed by atoms with E-state index in [-0.39, 0.29) is 10.0 Å². The topological polar surface area (TPSA) is 84.3 Å². The number of halogens is 2. The van der Waals surface area contributed by atoms with E-state index < -0.39 is 22.3 Å². The summed E-state index contributed by atoms with van der Waals surface area (Å²) in [7, 11) is 0. The van der Waals surface area contributed by atoms with Crippen LogP contribution in [0.4, 0.5) is 10.1 Å². The van der Waals surface area contributed by atoms with Gasteiger partial charge in [0.25, 0.3) is 11.6 Å². The van der Waals surface area contributed by atoms with Gasteiger partial charge in [0.05, 0.1) is 16.6 Å². The molecular formula is C11H11BrFN3O3. The summed E-state index contributed by atoms with van der Waals surface area (Å²) in [5, 5.41) is 16.4. The maximum atomic E-state index is 13.3. The lowest BCUT2D eigenvalue weighted by Crippen LogP contribution is -2.48. The van der Waals surface area contributed by atoms with Gasteiger partial charge in [-0.3, -0.25) is 14.9 Å². The Hall–Kier alpha value is -1.54. The second-order valence-corrected chi connectivity index (χ2v) is 5.07. The van der Waals surface area contributed by atoms with Crippen molar-refractivity contribution in [3.05, 3.63) is 38.1 Å². The molecule has 0 saturated carbocycles. The minimum absolute atomic E-state index is 0.0110. The average Bonchev–Trinajstić information content (AvgIpc) is 2.29. The largest absolute Gasteiger partial charge is 0.352 e. The molecule has 8 heteroatoms. The Bertz CT molecular complexity index is 534. The van der Waals surface area contributed by atoms with Crippen LogP contribution in [0.15, 0.2) is 16.6 Å². The lowest BCUT2D eigenvalue weighted by Gasteiger charge is -2.27. The normalized spacial score (nSPS) is 14.8. The fourth-order valence-corrected chi connectivity index (χ4v) is 2.25. The van der Waals surface area contributed by atoms with Crippen molar-refractivity contribution in [2.45, 2.75) is 0 Å². The van der Waals surface area contributed by atoms with E-state index in [1.807, 2.05) is 0 Å². The molecule has 0 atom stereocenters. The van der Waals surface area contributed by atoms with Crippen molar-refractivity contribution in [1.29, 1.82) is 0 Å². The van der Waals surface area contributed by atoms with E-state index in [1.54, 1.807) is 0 Å². The van der Waals surface area contributed by atoms with Crippen LogP contribution in [0.2, 0.25) is 0 Å². The molecule has 0 radical (unpaired) electrons. The van der Waals surface area contributed by atoms with Crippen LogP contribution in [0.3, 0.4) is 0 Å². The van der Waals surface area contributed by atoms with Crippen molar-refractivity contribution in [2.24, 2.45) is 5.92 Å². The van der Waals surface area contributed by atoms with Crippen molar-refractivity contribution in [2.75, 3.05) is 19.6 Å². The number of benzene rings is 1. The number of nitrogens with zero attached hydrogens (tertiary/aromatic N) is 1. The molecule has 0 unspecified atom stereocenters. The van der Waals surface area contributed by atoms with Crippen molar-refractivity contribution >= 4 is 27.5 Å². The van der Waals surface area contributed by atoms with Gasteiger partial charge in [-0.1, -0.05) is 0 Å². The lowest BCUT2D eigenvalue weighted by atomic mass is 10.0. The molecule has 0 bridgehead atoms. The molecule has 1 aliphatic rings. The van der Waals surface area contributed by atoms with Gasteiger partial charge < -0.3 is 10.6 Å². The first kappa shape index (κ1) is 13.9. The Kier molecular flexibility index (Phi) is 4.11. The van der Waals surface area contributed by atoms with E-state index in [9.17, 15) is 19.3 Å². The molecule has 0 aromatic heterocycles. The molecule has 2 N–H and O–H groups in total. The maximum absolute atomic E-state index is 13.3. The van der Waals surface area contributed by atoms with E-state index in [2.05, 4.69) is 26.6 Å². The summed E-state index contributed by atoms with van der Waals surface area (Å²) in [6, 6.07) is 1.75. The minimum atomic E-state index is -0.814. The first-order valence-electron chi connectivity index (χ1n) is 5.61. The zero-order valence-electron chi connectivity index (χ0n) is 9.78. The monoisotopic (exact) mass is 331 g/mol. The molecule has 0 aliphatic carbocycles. The lowest BCUT2D eigenvalue weighted by molar-refractivity contribution is -0.385. The zero-order chi connectivity index (χ0) is 14.0. The molecule has 1 saturated heterocycles. The van der Waals surface area contributed by atoms with Crippen LogP contribution in [-0.4, -0.2) is 30.5 Å². The highest BCUT2D eigenvalue weighted by Gasteiger charge is 2.23. The van der Waals surface area contributed by atoms with Crippen LogP contribution in [0, 0.1) is 21.8 Å². The number of rotatable bonds is 4. The Morgan fingerprint density at radius 1 is 1.58 bits per heavy atom. The third kappa shape index (κ3) is 3.07. The molecule has 19 heavy (non-hydrogen) atoms. The van der Waals surface area contributed by atoms with Gasteiger partial charge in [-0.05, 0) is 22.0 Å². The number of carbonyl (C=O) groups is 1. The molecule has 0 spiro atoms. The van der Waals surface area contributed by atoms with E-state index in [1.165, 1.54) is 0 Å². The van der Waals surface area contributed by atoms with E-state index in [0.717, 1.165) is 25.2 Å². The second-order valence-electron chi connectivity index (χ2n) is 4.28. The van der Waals surface area contributed by atoms with Crippen LogP contribution in [0.25, 0.3) is 0 Å². The van der Waals surface area contributed by atoms with Gasteiger partial charge in [0.1, 0.15) is 10.3 Å². The standard InChI is InChI=1S/C11H11BrFN3O3/c12-10-8(1-7(13)2-9(10)16(18)19)11(17)15-5-6-3-14-4-6/h1-2,6,14H,3-5H2,(H,15,17). The molecule has 1 aromatic carbocycles. The Labute approximate surface area is 116 Å². The van der Waals surface area contributed by atoms with Gasteiger partial charge in [-0.25, -0.2) is 4.39 Å². The summed E-state index contributed by atoms with van der Waals surface area (Å²) < 4.78 is 13.3. The van der Waals surface area contributed by atoms with Crippen molar-refractivity contribution in [1.82, 2.24) is 10.6 Å². The molecule has 1 fully saturated rings. The molecule has 6 nitrogen and oxygen atoms in total. The van der Waals surface area contributed by atoms with E-state index in [4.69, 9.17) is 0 Å². The molecule has 1 aromatic rings. The SMILES string of the molecule is O=C(NCC1CNC1)c1cc(F)cc([N+](=O)[O-])c1Br. The Balaban J connectivity index is 2.17. The van der Waals surface area contributed by atoms with E-state index >= 15 is 0 Å². The molecule has 102 valence electrons. The molecule has 2 rings (SSSR count). The van der Waals surface area contributed by atoms with E-state index in [0.29, 0.717) is 12.5 Å². The van der Waals surface area contributed by atoms with Crippen molar-refractivity contribution in [3.63, 3.8) is 0 Å². The van der Waals surface area contributed by atoms with Gasteiger partial charge in [0.15, 0.2) is 0 Å². The number of nitro groups is 1. The highest BCUT2D eigenvalue weighted by molar-refractivity contribution is 9.10. The highest BCUT2D eigenvalue weighted by Crippen LogP contribution is 2.29. The Morgan fingerprint density at radius 2 is 2.26 bits per heavy atom. The molecule has 1 aliphatic heterocycles. The van der Waals surface area contributed by atoms with Crippen LogP contribution in [-0.2, 0) is 0 Å². The van der Waals surface area contributed by atoms with Gasteiger partial charge in [0, 0.05) is 25.6 Å². The van der Waals surface area contributed by atoms with Gasteiger partial charge in [0.2, 0.25) is 0 Å². The van der Waals surface area contributed by atoms with Crippen LogP contribution >= 0.6 is 15.9 Å². The fraction of sp³-hybridized carbons (Fsp3) is 0.364. The number of amides is 1. The maximum Gasteiger partial charge on any atom is 0.287 e. The fourth-order valence-electron chi connectivity index (χ4n) is 1.70. The van der Waals surface area contributed by atoms with Crippen LogP contribution in [0.5, 0.6) is 0 Å². The molecular weight excluding hydrogens is 321 g/mol. The summed E-state index contributed by atoms with van der Waals surface area (Å²) in [5.74, 6) is -0.988. The number of carbonyl (C=O) groups excluding carboxylic acids is 1. The first-order valence-corrected chi connectivity index (χ1v) is 6.40. The number of nitrogens with one attached hydrogen (secondary N) is 2. The highest BCUT2D eigenvalue weighted by atomic mass is 79.9. The zero-order valence-corrected chi connectivity index (χ0v) is 11.4. The second kappa shape index (κ2) is 5.62. The number of hydrogen-bond acceptors (Lipinski definition) is 4. The molecule has 1 amide bonds. The number of hydrogen-bond donors (Lipinski definition) is 2. The average molecular weight is 332 g/mol. The summed E-state index contributed by atoms with van der Waals surface area (Å²) in [6.07, 6.45) is 0. The first-order chi connectivity index (χ1) is 8.99. The summed E-state index contributed by atoms with van der Waals surface area (Å²) in [4.78, 5) is 21.9. The predicted octanol–water partition coefficient (Wildman–Crippen LogP) is 1.45. The predicted molar refractivity (Wildman–Crippen MR) is 69.4 cm³/mol. The van der Waals surface area contributed by atoms with Gasteiger partial charge >= 0.3 is 0 Å². The third-order valence-electron chi connectivity index (χ3n) is 2.88. The summed E-state index contributed by atoms with van der Waals surface area (Å²) in [6.45, 7) is 2.11. The molecule has 1 heterocycles. The Morgan fingerprint density at radius 3 is 2.79 bits per heavy atom. The third-order valence-corrected chi connectivity index (χ3v) is 3.71. The van der Waals surface area contributed by atoms with Crippen LogP contribution in [0.1, 0.15) is 10.4 Å². The summed E-state index contributed by atoms with van der Waals surface area (Å²) >= 11 is 2.97. The van der Waals surface area contributed by atoms with Gasteiger partial charge in [-0.15, -0.1) is 0 Å². The van der Waals surface area contributed by atoms with Crippen molar-refractivity contribution in [3.8, 4) is 0 Å². The number of nitro benzene ring substituents is 1. The smallest absolute Gasteiger partial charge is 0.287 e. The van der Waals surface area contributed by atoms with Crippen LogP contribution < -0.4 is 10.6 Å².